The SMILES string of the molecule is O=C(C1CC1)N1CCc2cc(S(=O)(=O)NCCN3CCCC3)ccc21. The van der Waals surface area contributed by atoms with E-state index in [1.807, 2.05) is 4.90 Å². The van der Waals surface area contributed by atoms with Gasteiger partial charge in [0.15, 0.2) is 0 Å². The third kappa shape index (κ3) is 3.59. The van der Waals surface area contributed by atoms with Crippen molar-refractivity contribution in [3.05, 3.63) is 23.8 Å². The zero-order chi connectivity index (χ0) is 17.4. The molecule has 136 valence electrons. The van der Waals surface area contributed by atoms with E-state index in [2.05, 4.69) is 9.62 Å². The number of hydrogen-bond donors (Lipinski definition) is 1. The molecule has 2 heterocycles. The summed E-state index contributed by atoms with van der Waals surface area (Å²) in [5.41, 5.74) is 1.84. The number of amides is 1. The number of nitrogens with one attached hydrogen (secondary N) is 1. The highest BCUT2D eigenvalue weighted by atomic mass is 32.2. The minimum Gasteiger partial charge on any atom is -0.312 e. The Hall–Kier alpha value is -1.44. The maximum atomic E-state index is 12.5. The third-order valence-electron chi connectivity index (χ3n) is 5.37. The molecule has 2 fully saturated rings. The molecule has 3 aliphatic rings. The molecule has 0 bridgehead atoms. The van der Waals surface area contributed by atoms with Crippen LogP contribution in [-0.2, 0) is 21.2 Å². The minimum atomic E-state index is -3.50. The van der Waals surface area contributed by atoms with Gasteiger partial charge < -0.3 is 9.80 Å². The Morgan fingerprint density at radius 3 is 2.64 bits per heavy atom. The molecule has 1 aromatic rings. The first-order chi connectivity index (χ1) is 12.0. The fourth-order valence-corrected chi connectivity index (χ4v) is 4.82. The van der Waals surface area contributed by atoms with Crippen LogP contribution in [0.25, 0.3) is 0 Å². The smallest absolute Gasteiger partial charge is 0.240 e. The maximum absolute atomic E-state index is 12.5. The Bertz CT molecular complexity index is 768. The van der Waals surface area contributed by atoms with Gasteiger partial charge >= 0.3 is 0 Å². The third-order valence-corrected chi connectivity index (χ3v) is 6.83. The van der Waals surface area contributed by atoms with E-state index in [1.54, 1.807) is 18.2 Å². The molecule has 0 atom stereocenters. The minimum absolute atomic E-state index is 0.182. The predicted molar refractivity (Wildman–Crippen MR) is 96.1 cm³/mol. The fourth-order valence-electron chi connectivity index (χ4n) is 3.75. The second kappa shape index (κ2) is 6.70. The number of likely N-dealkylation sites (tertiary alicyclic amines) is 1. The second-order valence-corrected chi connectivity index (χ2v) is 9.02. The van der Waals surface area contributed by atoms with E-state index < -0.39 is 10.0 Å². The van der Waals surface area contributed by atoms with Gasteiger partial charge in [-0.2, -0.15) is 0 Å². The number of carbonyl (C=O) groups is 1. The zero-order valence-corrected chi connectivity index (χ0v) is 15.2. The van der Waals surface area contributed by atoms with Crippen LogP contribution in [0.4, 0.5) is 5.69 Å². The van der Waals surface area contributed by atoms with Crippen molar-refractivity contribution in [2.75, 3.05) is 37.6 Å². The maximum Gasteiger partial charge on any atom is 0.240 e. The van der Waals surface area contributed by atoms with Crippen molar-refractivity contribution in [1.29, 1.82) is 0 Å². The highest BCUT2D eigenvalue weighted by Crippen LogP contribution is 2.37. The normalized spacial score (nSPS) is 20.9. The van der Waals surface area contributed by atoms with E-state index in [-0.39, 0.29) is 11.8 Å². The van der Waals surface area contributed by atoms with Gasteiger partial charge in [-0.05, 0) is 69.0 Å². The number of fused-ring (bicyclic) bond motifs is 1. The summed E-state index contributed by atoms with van der Waals surface area (Å²) in [4.78, 5) is 16.7. The Kier molecular flexibility index (Phi) is 4.56. The summed E-state index contributed by atoms with van der Waals surface area (Å²) in [7, 11) is -3.50. The van der Waals surface area contributed by atoms with Crippen molar-refractivity contribution >= 4 is 21.6 Å². The van der Waals surface area contributed by atoms with Gasteiger partial charge in [-0.1, -0.05) is 0 Å². The molecule has 1 saturated carbocycles. The van der Waals surface area contributed by atoms with Crippen molar-refractivity contribution in [3.8, 4) is 0 Å². The number of rotatable bonds is 6. The van der Waals surface area contributed by atoms with Crippen molar-refractivity contribution < 1.29 is 13.2 Å². The van der Waals surface area contributed by atoms with E-state index in [9.17, 15) is 13.2 Å². The number of hydrogen-bond acceptors (Lipinski definition) is 4. The van der Waals surface area contributed by atoms with Crippen LogP contribution < -0.4 is 9.62 Å². The molecule has 6 nitrogen and oxygen atoms in total. The van der Waals surface area contributed by atoms with Gasteiger partial charge in [0.2, 0.25) is 15.9 Å². The Morgan fingerprint density at radius 1 is 1.16 bits per heavy atom. The molecule has 0 spiro atoms. The van der Waals surface area contributed by atoms with Crippen LogP contribution in [0.5, 0.6) is 0 Å². The molecule has 7 heteroatoms. The van der Waals surface area contributed by atoms with Crippen LogP contribution in [0.3, 0.4) is 0 Å². The summed E-state index contributed by atoms with van der Waals surface area (Å²) >= 11 is 0. The van der Waals surface area contributed by atoms with Crippen LogP contribution in [0.1, 0.15) is 31.2 Å². The van der Waals surface area contributed by atoms with Gasteiger partial charge in [-0.25, -0.2) is 13.1 Å². The van der Waals surface area contributed by atoms with E-state index in [0.717, 1.165) is 50.1 Å². The molecule has 0 unspecified atom stereocenters. The first kappa shape index (κ1) is 17.0. The molecule has 1 saturated heterocycles. The van der Waals surface area contributed by atoms with Crippen LogP contribution >= 0.6 is 0 Å². The molecule has 1 N–H and O–H groups in total. The van der Waals surface area contributed by atoms with Crippen LogP contribution in [-0.4, -0.2) is 51.9 Å². The van der Waals surface area contributed by atoms with Gasteiger partial charge in [0.05, 0.1) is 4.90 Å². The van der Waals surface area contributed by atoms with Gasteiger partial charge in [-0.3, -0.25) is 4.79 Å². The predicted octanol–water partition coefficient (Wildman–Crippen LogP) is 1.36. The molecule has 1 amide bonds. The van der Waals surface area contributed by atoms with Gasteiger partial charge in [-0.15, -0.1) is 0 Å². The Morgan fingerprint density at radius 2 is 1.92 bits per heavy atom. The molecule has 1 aromatic carbocycles. The molecule has 1 aliphatic carbocycles. The summed E-state index contributed by atoms with van der Waals surface area (Å²) < 4.78 is 27.8. The number of nitrogens with zero attached hydrogens (tertiary/aromatic N) is 2. The van der Waals surface area contributed by atoms with E-state index in [0.29, 0.717) is 18.0 Å². The van der Waals surface area contributed by atoms with Crippen molar-refractivity contribution in [1.82, 2.24) is 9.62 Å². The topological polar surface area (TPSA) is 69.7 Å². The van der Waals surface area contributed by atoms with E-state index in [4.69, 9.17) is 0 Å². The van der Waals surface area contributed by atoms with Crippen LogP contribution in [0.2, 0.25) is 0 Å². The number of anilines is 1. The van der Waals surface area contributed by atoms with E-state index >= 15 is 0 Å². The fraction of sp³-hybridized carbons (Fsp3) is 0.611. The van der Waals surface area contributed by atoms with Crippen molar-refractivity contribution in [3.63, 3.8) is 0 Å². The number of benzene rings is 1. The van der Waals surface area contributed by atoms with Crippen LogP contribution in [0, 0.1) is 5.92 Å². The Labute approximate surface area is 149 Å². The lowest BCUT2D eigenvalue weighted by atomic mass is 10.2. The Balaban J connectivity index is 1.43. The van der Waals surface area contributed by atoms with E-state index in [1.165, 1.54) is 12.8 Å². The summed E-state index contributed by atoms with van der Waals surface area (Å²) in [5, 5.41) is 0. The standard InChI is InChI=1S/C18H25N3O3S/c22-18(14-3-4-14)21-11-7-15-13-16(5-6-17(15)21)25(23,24)19-8-12-20-9-1-2-10-20/h5-6,13-14,19H,1-4,7-12H2. The molecule has 25 heavy (non-hydrogen) atoms. The van der Waals surface area contributed by atoms with Crippen molar-refractivity contribution in [2.45, 2.75) is 37.0 Å². The number of sulfonamides is 1. The average Bonchev–Trinajstić information content (AvgIpc) is 3.15. The van der Waals surface area contributed by atoms with Crippen LogP contribution in [0.15, 0.2) is 23.1 Å². The lowest BCUT2D eigenvalue weighted by Gasteiger charge is -2.17. The highest BCUT2D eigenvalue weighted by Gasteiger charge is 2.36. The molecule has 2 aliphatic heterocycles. The molecular weight excluding hydrogens is 338 g/mol. The van der Waals surface area contributed by atoms with Gasteiger partial charge in [0, 0.05) is 31.2 Å². The summed E-state index contributed by atoms with van der Waals surface area (Å²) in [6.07, 6.45) is 5.10. The first-order valence-electron chi connectivity index (χ1n) is 9.21. The lowest BCUT2D eigenvalue weighted by Crippen LogP contribution is -2.33. The molecule has 0 radical (unpaired) electrons. The van der Waals surface area contributed by atoms with Crippen molar-refractivity contribution in [2.24, 2.45) is 5.92 Å². The summed E-state index contributed by atoms with van der Waals surface area (Å²) in [6.45, 7) is 3.98. The summed E-state index contributed by atoms with van der Waals surface area (Å²) in [6, 6.07) is 5.14. The monoisotopic (exact) mass is 363 g/mol. The highest BCUT2D eigenvalue weighted by molar-refractivity contribution is 7.89. The molecule has 0 aromatic heterocycles. The second-order valence-electron chi connectivity index (χ2n) is 7.25. The van der Waals surface area contributed by atoms with Gasteiger partial charge in [0.25, 0.3) is 0 Å². The van der Waals surface area contributed by atoms with Gasteiger partial charge in [0.1, 0.15) is 0 Å². The largest absolute Gasteiger partial charge is 0.312 e. The quantitative estimate of drug-likeness (QED) is 0.829. The number of carbonyl (C=O) groups excluding carboxylic acids is 1. The average molecular weight is 363 g/mol. The zero-order valence-electron chi connectivity index (χ0n) is 14.4. The first-order valence-corrected chi connectivity index (χ1v) is 10.7. The molecular formula is C18H25N3O3S. The summed E-state index contributed by atoms with van der Waals surface area (Å²) in [5.74, 6) is 0.375. The lowest BCUT2D eigenvalue weighted by molar-refractivity contribution is -0.119. The molecule has 4 rings (SSSR count).